The van der Waals surface area contributed by atoms with Crippen molar-refractivity contribution in [1.82, 2.24) is 0 Å². The lowest BCUT2D eigenvalue weighted by Gasteiger charge is -2.18. The molecule has 1 N–H and O–H groups in total. The number of hydrogen-bond donors (Lipinski definition) is 1. The molecule has 0 unspecified atom stereocenters. The van der Waals surface area contributed by atoms with E-state index in [-0.39, 0.29) is 5.41 Å². The second-order valence-corrected chi connectivity index (χ2v) is 6.37. The fraction of sp³-hybridized carbons (Fsp3) is 0.400. The molecule has 0 heterocycles. The number of thioether (sulfide) groups is 1. The summed E-state index contributed by atoms with van der Waals surface area (Å²) in [6.45, 7) is 8.18. The molecule has 0 atom stereocenters. The molecule has 0 aliphatic heterocycles. The van der Waals surface area contributed by atoms with Crippen LogP contribution in [0.3, 0.4) is 0 Å². The molecule has 2 nitrogen and oxygen atoms in total. The molecule has 0 aromatic heterocycles. The molecule has 3 heteroatoms. The SMILES string of the molecule is CC(=CCSc1ccc(C(C)(C)C)cc1)C(=O)O. The summed E-state index contributed by atoms with van der Waals surface area (Å²) in [5, 5.41) is 8.73. The molecule has 0 bridgehead atoms. The van der Waals surface area contributed by atoms with Gasteiger partial charge in [0.2, 0.25) is 0 Å². The van der Waals surface area contributed by atoms with E-state index >= 15 is 0 Å². The highest BCUT2D eigenvalue weighted by molar-refractivity contribution is 7.99. The zero-order valence-corrected chi connectivity index (χ0v) is 12.2. The van der Waals surface area contributed by atoms with E-state index in [0.29, 0.717) is 11.3 Å². The molecule has 0 amide bonds. The van der Waals surface area contributed by atoms with Gasteiger partial charge in [-0.2, -0.15) is 0 Å². The summed E-state index contributed by atoms with van der Waals surface area (Å²) in [5.74, 6) is -0.161. The maximum atomic E-state index is 10.6. The van der Waals surface area contributed by atoms with Crippen molar-refractivity contribution in [2.24, 2.45) is 0 Å². The number of benzene rings is 1. The standard InChI is InChI=1S/C15H20O2S/c1-11(14(16)17)9-10-18-13-7-5-12(6-8-13)15(2,3)4/h5-9H,10H2,1-4H3,(H,16,17). The van der Waals surface area contributed by atoms with Gasteiger partial charge < -0.3 is 5.11 Å². The molecule has 18 heavy (non-hydrogen) atoms. The van der Waals surface area contributed by atoms with Crippen LogP contribution in [-0.2, 0) is 10.2 Å². The monoisotopic (exact) mass is 264 g/mol. The lowest BCUT2D eigenvalue weighted by Crippen LogP contribution is -2.10. The van der Waals surface area contributed by atoms with Gasteiger partial charge in [0.25, 0.3) is 0 Å². The molecule has 1 aromatic rings. The third-order valence-corrected chi connectivity index (χ3v) is 3.64. The Balaban J connectivity index is 2.60. The molecule has 0 saturated heterocycles. The Bertz CT molecular complexity index is 439. The number of carboxylic acid groups (broad SMARTS) is 1. The lowest BCUT2D eigenvalue weighted by molar-refractivity contribution is -0.132. The van der Waals surface area contributed by atoms with Crippen LogP contribution < -0.4 is 0 Å². The minimum Gasteiger partial charge on any atom is -0.478 e. The molecule has 98 valence electrons. The van der Waals surface area contributed by atoms with Gasteiger partial charge in [0.15, 0.2) is 0 Å². The van der Waals surface area contributed by atoms with Gasteiger partial charge in [0.05, 0.1) is 0 Å². The maximum absolute atomic E-state index is 10.6. The topological polar surface area (TPSA) is 37.3 Å². The first-order valence-electron chi connectivity index (χ1n) is 5.94. The molecule has 0 aliphatic carbocycles. The average molecular weight is 264 g/mol. The van der Waals surface area contributed by atoms with Gasteiger partial charge >= 0.3 is 5.97 Å². The Morgan fingerprint density at radius 1 is 1.28 bits per heavy atom. The molecule has 1 aromatic carbocycles. The number of rotatable bonds is 4. The molecule has 0 saturated carbocycles. The fourth-order valence-corrected chi connectivity index (χ4v) is 2.26. The van der Waals surface area contributed by atoms with Crippen LogP contribution in [0.1, 0.15) is 33.3 Å². The van der Waals surface area contributed by atoms with Crippen LogP contribution in [0.2, 0.25) is 0 Å². The van der Waals surface area contributed by atoms with E-state index in [1.807, 2.05) is 0 Å². The van der Waals surface area contributed by atoms with Crippen molar-refractivity contribution < 1.29 is 9.90 Å². The highest BCUT2D eigenvalue weighted by Gasteiger charge is 2.12. The minimum atomic E-state index is -0.848. The molecular weight excluding hydrogens is 244 g/mol. The van der Waals surface area contributed by atoms with E-state index in [2.05, 4.69) is 45.0 Å². The number of carbonyl (C=O) groups is 1. The average Bonchev–Trinajstić information content (AvgIpc) is 2.28. The van der Waals surface area contributed by atoms with Crippen LogP contribution in [0.25, 0.3) is 0 Å². The Labute approximate surface area is 113 Å². The fourth-order valence-electron chi connectivity index (χ4n) is 1.40. The largest absolute Gasteiger partial charge is 0.478 e. The van der Waals surface area contributed by atoms with Gasteiger partial charge in [-0.3, -0.25) is 0 Å². The van der Waals surface area contributed by atoms with Crippen LogP contribution in [0.4, 0.5) is 0 Å². The molecule has 0 aliphatic rings. The lowest BCUT2D eigenvalue weighted by atomic mass is 9.87. The Hall–Kier alpha value is -1.22. The third kappa shape index (κ3) is 4.57. The summed E-state index contributed by atoms with van der Waals surface area (Å²) in [6, 6.07) is 8.45. The van der Waals surface area contributed by atoms with Crippen molar-refractivity contribution in [3.05, 3.63) is 41.5 Å². The summed E-state index contributed by atoms with van der Waals surface area (Å²) in [5.41, 5.74) is 1.88. The van der Waals surface area contributed by atoms with E-state index in [0.717, 1.165) is 4.90 Å². The number of hydrogen-bond acceptors (Lipinski definition) is 2. The van der Waals surface area contributed by atoms with Crippen LogP contribution in [-0.4, -0.2) is 16.8 Å². The highest BCUT2D eigenvalue weighted by Crippen LogP contribution is 2.25. The molecule has 1 rings (SSSR count). The van der Waals surface area contributed by atoms with Crippen LogP contribution in [0.15, 0.2) is 40.8 Å². The van der Waals surface area contributed by atoms with Crippen molar-refractivity contribution in [3.8, 4) is 0 Å². The van der Waals surface area contributed by atoms with Crippen molar-refractivity contribution >= 4 is 17.7 Å². The summed E-state index contributed by atoms with van der Waals surface area (Å²) in [7, 11) is 0. The van der Waals surface area contributed by atoms with Gasteiger partial charge in [0, 0.05) is 16.2 Å². The van der Waals surface area contributed by atoms with Crippen LogP contribution >= 0.6 is 11.8 Å². The summed E-state index contributed by atoms with van der Waals surface area (Å²) >= 11 is 1.65. The van der Waals surface area contributed by atoms with E-state index < -0.39 is 5.97 Å². The number of aliphatic carboxylic acids is 1. The van der Waals surface area contributed by atoms with Gasteiger partial charge in [-0.25, -0.2) is 4.79 Å². The first kappa shape index (κ1) is 14.8. The predicted octanol–water partition coefficient (Wildman–Crippen LogP) is 4.11. The summed E-state index contributed by atoms with van der Waals surface area (Å²) < 4.78 is 0. The first-order valence-corrected chi connectivity index (χ1v) is 6.92. The zero-order valence-electron chi connectivity index (χ0n) is 11.4. The van der Waals surface area contributed by atoms with Crippen molar-refractivity contribution in [2.45, 2.75) is 38.0 Å². The van der Waals surface area contributed by atoms with E-state index in [4.69, 9.17) is 5.11 Å². The zero-order chi connectivity index (χ0) is 13.8. The second kappa shape index (κ2) is 6.10. The Morgan fingerprint density at radius 3 is 2.28 bits per heavy atom. The summed E-state index contributed by atoms with van der Waals surface area (Å²) in [6.07, 6.45) is 1.74. The first-order chi connectivity index (χ1) is 8.30. The number of carboxylic acids is 1. The molecule has 0 fully saturated rings. The highest BCUT2D eigenvalue weighted by atomic mass is 32.2. The van der Waals surface area contributed by atoms with Gasteiger partial charge in [0.1, 0.15) is 0 Å². The molecular formula is C15H20O2S. The van der Waals surface area contributed by atoms with E-state index in [1.54, 1.807) is 24.8 Å². The smallest absolute Gasteiger partial charge is 0.330 e. The maximum Gasteiger partial charge on any atom is 0.330 e. The van der Waals surface area contributed by atoms with Crippen molar-refractivity contribution in [2.75, 3.05) is 5.75 Å². The molecule has 0 spiro atoms. The third-order valence-electron chi connectivity index (χ3n) is 2.70. The van der Waals surface area contributed by atoms with Gasteiger partial charge in [-0.05, 0) is 30.0 Å². The molecule has 0 radical (unpaired) electrons. The van der Waals surface area contributed by atoms with Gasteiger partial charge in [-0.15, -0.1) is 11.8 Å². The van der Waals surface area contributed by atoms with Gasteiger partial charge in [-0.1, -0.05) is 39.0 Å². The Kier molecular flexibility index (Phi) is 5.03. The van der Waals surface area contributed by atoms with Crippen LogP contribution in [0.5, 0.6) is 0 Å². The minimum absolute atomic E-state index is 0.170. The Morgan fingerprint density at radius 2 is 1.83 bits per heavy atom. The van der Waals surface area contributed by atoms with Crippen molar-refractivity contribution in [1.29, 1.82) is 0 Å². The van der Waals surface area contributed by atoms with Crippen LogP contribution in [0, 0.1) is 0 Å². The quantitative estimate of drug-likeness (QED) is 0.657. The van der Waals surface area contributed by atoms with Crippen molar-refractivity contribution in [3.63, 3.8) is 0 Å². The van der Waals surface area contributed by atoms with E-state index in [1.165, 1.54) is 5.56 Å². The normalized spacial score (nSPS) is 12.6. The predicted molar refractivity (Wildman–Crippen MR) is 77.3 cm³/mol. The summed E-state index contributed by atoms with van der Waals surface area (Å²) in [4.78, 5) is 11.8. The second-order valence-electron chi connectivity index (χ2n) is 5.28. The van der Waals surface area contributed by atoms with E-state index in [9.17, 15) is 4.79 Å².